The molecule has 360 valence electrons. The minimum Gasteiger partial charge on any atom is -0.477 e. The summed E-state index contributed by atoms with van der Waals surface area (Å²) >= 11 is 5.10. The van der Waals surface area contributed by atoms with Gasteiger partial charge in [0.15, 0.2) is 5.71 Å². The zero-order valence-corrected chi connectivity index (χ0v) is 41.7. The summed E-state index contributed by atoms with van der Waals surface area (Å²) in [6.45, 7) is 10.9. The van der Waals surface area contributed by atoms with E-state index in [1.54, 1.807) is 47.6 Å². The van der Waals surface area contributed by atoms with Crippen molar-refractivity contribution in [2.75, 3.05) is 23.4 Å². The van der Waals surface area contributed by atoms with Crippen LogP contribution in [0, 0.1) is 0 Å². The number of carbonyl (C=O) groups is 5. The lowest BCUT2D eigenvalue weighted by molar-refractivity contribution is -0.150. The van der Waals surface area contributed by atoms with Crippen LogP contribution in [0.25, 0.3) is 0 Å². The van der Waals surface area contributed by atoms with Crippen LogP contribution in [0.5, 0.6) is 0 Å². The monoisotopic (exact) mass is 1010 g/mol. The summed E-state index contributed by atoms with van der Waals surface area (Å²) in [6.07, 6.45) is -1.28. The number of aliphatic carboxylic acids is 1. The fourth-order valence-electron chi connectivity index (χ4n) is 7.10. The largest absolute Gasteiger partial charge is 0.477 e. The molecule has 17 nitrogen and oxygen atoms in total. The molecule has 0 aliphatic carbocycles. The smallest absolute Gasteiger partial charge is 0.413 e. The second kappa shape index (κ2) is 21.9. The van der Waals surface area contributed by atoms with Gasteiger partial charge in [-0.15, -0.1) is 16.9 Å². The van der Waals surface area contributed by atoms with Gasteiger partial charge in [0.2, 0.25) is 5.60 Å². The first-order valence-corrected chi connectivity index (χ1v) is 25.4. The van der Waals surface area contributed by atoms with E-state index >= 15 is 0 Å². The highest BCUT2D eigenvalue weighted by Gasteiger charge is 2.55. The molecule has 2 atom stereocenters. The number of anilines is 1. The zero-order chi connectivity index (χ0) is 49.3. The van der Waals surface area contributed by atoms with Crippen LogP contribution in [0.2, 0.25) is 0 Å². The number of hydrogen-bond donors (Lipinski definition) is 4. The Labute approximate surface area is 415 Å². The Kier molecular flexibility index (Phi) is 16.0. The highest BCUT2D eigenvalue weighted by molar-refractivity contribution is 8.07. The number of thioether (sulfide) groups is 3. The highest BCUT2D eigenvalue weighted by atomic mass is 32.2. The number of alkyl carbamates (subject to hydrolysis) is 1. The number of rotatable bonds is 17. The van der Waals surface area contributed by atoms with Crippen molar-refractivity contribution in [3.8, 4) is 0 Å². The van der Waals surface area contributed by atoms with Gasteiger partial charge in [0.1, 0.15) is 44.0 Å². The summed E-state index contributed by atoms with van der Waals surface area (Å²) in [5.74, 6) is -1.54. The summed E-state index contributed by atoms with van der Waals surface area (Å²) in [4.78, 5) is 79.5. The normalized spacial score (nSPS) is 16.2. The van der Waals surface area contributed by atoms with Gasteiger partial charge in [-0.2, -0.15) is 11.8 Å². The van der Waals surface area contributed by atoms with Gasteiger partial charge in [-0.3, -0.25) is 19.8 Å². The molecule has 69 heavy (non-hydrogen) atoms. The molecule has 0 radical (unpaired) electrons. The number of fused-ring (bicyclic) bond motifs is 1. The van der Waals surface area contributed by atoms with E-state index < -0.39 is 58.2 Å². The zero-order valence-electron chi connectivity index (χ0n) is 38.5. The molecule has 4 heterocycles. The van der Waals surface area contributed by atoms with E-state index in [4.69, 9.17) is 14.3 Å². The van der Waals surface area contributed by atoms with E-state index in [0.29, 0.717) is 49.5 Å². The number of ether oxygens (including phenoxy) is 2. The molecular formula is C48H50N8O9S4. The number of nitrogens with one attached hydrogen (secondary N) is 3. The van der Waals surface area contributed by atoms with Gasteiger partial charge in [0, 0.05) is 45.4 Å². The van der Waals surface area contributed by atoms with E-state index in [9.17, 15) is 29.1 Å². The number of pyridine rings is 1. The van der Waals surface area contributed by atoms with Crippen molar-refractivity contribution in [3.05, 3.63) is 148 Å². The Bertz CT molecular complexity index is 2630. The minimum atomic E-state index is -1.41. The Balaban J connectivity index is 1.16. The number of aromatic nitrogens is 3. The number of carboxylic acid groups (broad SMARTS) is 1. The molecule has 0 bridgehead atoms. The Morgan fingerprint density at radius 3 is 2.00 bits per heavy atom. The molecule has 0 saturated carbocycles. The first-order chi connectivity index (χ1) is 32.9. The van der Waals surface area contributed by atoms with E-state index in [2.05, 4.69) is 35.7 Å². The molecule has 2 aliphatic rings. The molecule has 3 aromatic carbocycles. The van der Waals surface area contributed by atoms with Gasteiger partial charge in [-0.05, 0) is 65.2 Å². The molecule has 1 saturated heterocycles. The first kappa shape index (κ1) is 50.5. The van der Waals surface area contributed by atoms with Crippen molar-refractivity contribution in [3.63, 3.8) is 0 Å². The SMILES string of the molecule is CC(C)(C)OC(=O)NCCSCc1nnsc1SC1=C(C(=O)O)N2C(=O)[C@@H](NC(=O)/C(=N\OC(c3ccccc3)(c3ccccc3)c3ccccc3)c3cccc(NC(=O)OC(C)(C)C)n3)[C@@H]2SC1. The Hall–Kier alpha value is -6.42. The minimum absolute atomic E-state index is 0.0136. The number of hydrogen-bond acceptors (Lipinski definition) is 16. The third-order valence-corrected chi connectivity index (χ3v) is 14.4. The number of carbonyl (C=O) groups excluding carboxylic acids is 4. The topological polar surface area (TPSA) is 224 Å². The number of nitrogens with zero attached hydrogens (tertiary/aromatic N) is 5. The van der Waals surface area contributed by atoms with Crippen LogP contribution in [0.3, 0.4) is 0 Å². The Morgan fingerprint density at radius 1 is 0.826 bits per heavy atom. The molecular weight excluding hydrogens is 961 g/mol. The molecule has 1 fully saturated rings. The lowest BCUT2D eigenvalue weighted by Gasteiger charge is -2.49. The average Bonchev–Trinajstić information content (AvgIpc) is 3.75. The number of oxime groups is 1. The van der Waals surface area contributed by atoms with Crippen molar-refractivity contribution in [2.24, 2.45) is 5.16 Å². The van der Waals surface area contributed by atoms with Crippen molar-refractivity contribution in [1.29, 1.82) is 0 Å². The molecule has 2 aliphatic heterocycles. The highest BCUT2D eigenvalue weighted by Crippen LogP contribution is 2.47. The number of carboxylic acids is 1. The van der Waals surface area contributed by atoms with Gasteiger partial charge in [-0.1, -0.05) is 118 Å². The standard InChI is InChI=1S/C48H50N8O9S4/c1-46(2,3)63-44(61)49-25-26-66-27-33-43(69-55-53-33)68-34-28-67-41-37(40(58)56(41)38(34)42(59)60)52-39(57)36(32-23-16-24-35(50-32)51-45(62)64-47(4,5)6)54-65-48(29-17-10-7-11-18-29,30-19-12-8-13-20-30)31-21-14-9-15-22-31/h7-24,37,41H,25-28H2,1-6H3,(H,49,61)(H,52,57)(H,59,60)(H,50,51,62)/b54-36-/t37-,41+/m1/s1. The van der Waals surface area contributed by atoms with E-state index in [-0.39, 0.29) is 28.7 Å². The van der Waals surface area contributed by atoms with Crippen molar-refractivity contribution in [2.45, 2.75) is 79.7 Å². The predicted octanol–water partition coefficient (Wildman–Crippen LogP) is 8.24. The van der Waals surface area contributed by atoms with Crippen LogP contribution in [-0.2, 0) is 40.0 Å². The second-order valence-corrected chi connectivity index (χ2v) is 21.7. The van der Waals surface area contributed by atoms with Gasteiger partial charge >= 0.3 is 18.2 Å². The fourth-order valence-corrected chi connectivity index (χ4v) is 11.4. The van der Waals surface area contributed by atoms with Crippen LogP contribution >= 0.6 is 46.8 Å². The fraction of sp³-hybridized carbons (Fsp3) is 0.312. The second-order valence-electron chi connectivity index (χ2n) is 17.4. The molecule has 5 aromatic rings. The molecule has 0 unspecified atom stereocenters. The molecule has 4 amide bonds. The number of benzene rings is 3. The third-order valence-electron chi connectivity index (χ3n) is 9.96. The molecule has 2 aromatic heterocycles. The average molecular weight is 1010 g/mol. The van der Waals surface area contributed by atoms with Crippen LogP contribution < -0.4 is 16.0 Å². The summed E-state index contributed by atoms with van der Waals surface area (Å²) in [5, 5.41) is 26.7. The van der Waals surface area contributed by atoms with Crippen LogP contribution in [0.4, 0.5) is 15.4 Å². The number of amides is 4. The van der Waals surface area contributed by atoms with Gasteiger partial charge < -0.3 is 30.1 Å². The van der Waals surface area contributed by atoms with Crippen molar-refractivity contribution < 1.29 is 43.4 Å². The van der Waals surface area contributed by atoms with Crippen molar-refractivity contribution in [1.82, 2.24) is 30.1 Å². The van der Waals surface area contributed by atoms with Gasteiger partial charge in [0.25, 0.3) is 11.8 Å². The molecule has 21 heteroatoms. The molecule has 7 rings (SSSR count). The lowest BCUT2D eigenvalue weighted by Crippen LogP contribution is -2.71. The molecule has 0 spiro atoms. The summed E-state index contributed by atoms with van der Waals surface area (Å²) in [6, 6.07) is 31.6. The Morgan fingerprint density at radius 2 is 1.42 bits per heavy atom. The van der Waals surface area contributed by atoms with Crippen LogP contribution in [0.1, 0.15) is 69.6 Å². The van der Waals surface area contributed by atoms with E-state index in [1.807, 2.05) is 91.0 Å². The van der Waals surface area contributed by atoms with E-state index in [1.165, 1.54) is 52.3 Å². The maximum Gasteiger partial charge on any atom is 0.413 e. The molecule has 4 N–H and O–H groups in total. The van der Waals surface area contributed by atoms with E-state index in [0.717, 1.165) is 11.5 Å². The summed E-state index contributed by atoms with van der Waals surface area (Å²) in [5.41, 5.74) is -0.671. The van der Waals surface area contributed by atoms with Crippen LogP contribution in [-0.4, -0.2) is 101 Å². The van der Waals surface area contributed by atoms with Crippen molar-refractivity contribution >= 4 is 88.3 Å². The quantitative estimate of drug-likeness (QED) is 0.0226. The summed E-state index contributed by atoms with van der Waals surface area (Å²) < 4.78 is 15.5. The maximum atomic E-state index is 14.7. The van der Waals surface area contributed by atoms with Gasteiger partial charge in [0.05, 0.1) is 5.69 Å². The maximum absolute atomic E-state index is 14.7. The first-order valence-electron chi connectivity index (χ1n) is 21.6. The third kappa shape index (κ3) is 12.4. The number of β-lactam (4-membered cyclic amide) rings is 1. The van der Waals surface area contributed by atoms with Gasteiger partial charge in [-0.25, -0.2) is 19.4 Å². The lowest BCUT2D eigenvalue weighted by atomic mass is 9.80. The summed E-state index contributed by atoms with van der Waals surface area (Å²) in [7, 11) is 0. The van der Waals surface area contributed by atoms with Crippen LogP contribution in [0.15, 0.2) is 129 Å². The predicted molar refractivity (Wildman–Crippen MR) is 267 cm³/mol.